The smallest absolute Gasteiger partial charge is 0.154 e. The van der Waals surface area contributed by atoms with E-state index in [1.165, 1.54) is 25.7 Å². The van der Waals surface area contributed by atoms with Crippen LogP contribution in [0.1, 0.15) is 39.5 Å². The molecule has 3 atom stereocenters. The van der Waals surface area contributed by atoms with Crippen LogP contribution in [0.3, 0.4) is 0 Å². The highest BCUT2D eigenvalue weighted by Gasteiger charge is 2.35. The minimum absolute atomic E-state index is 0.103. The molecule has 0 aromatic heterocycles. The van der Waals surface area contributed by atoms with Gasteiger partial charge in [-0.3, -0.25) is 0 Å². The van der Waals surface area contributed by atoms with Crippen molar-refractivity contribution in [2.45, 2.75) is 45.8 Å². The Kier molecular flexibility index (Phi) is 4.81. The highest BCUT2D eigenvalue weighted by molar-refractivity contribution is 4.95. The first kappa shape index (κ1) is 12.7. The van der Waals surface area contributed by atoms with E-state index < -0.39 is 0 Å². The number of rotatable bonds is 5. The van der Waals surface area contributed by atoms with Crippen LogP contribution >= 0.6 is 0 Å². The van der Waals surface area contributed by atoms with Crippen molar-refractivity contribution >= 4 is 0 Å². The van der Waals surface area contributed by atoms with E-state index >= 15 is 0 Å². The molecule has 0 saturated heterocycles. The lowest BCUT2D eigenvalue weighted by Crippen LogP contribution is -2.35. The molecular weight excluding hydrogens is 188 g/mol. The second kappa shape index (κ2) is 5.66. The van der Waals surface area contributed by atoms with Gasteiger partial charge < -0.3 is 9.47 Å². The molecule has 1 saturated carbocycles. The van der Waals surface area contributed by atoms with Crippen molar-refractivity contribution in [2.24, 2.45) is 11.3 Å². The Morgan fingerprint density at radius 1 is 1.53 bits per heavy atom. The number of hydrogen-bond donors (Lipinski definition) is 0. The Bertz CT molecular complexity index is 203. The molecule has 0 radical (unpaired) electrons. The average Bonchev–Trinajstić information content (AvgIpc) is 2.26. The van der Waals surface area contributed by atoms with E-state index in [1.54, 1.807) is 7.11 Å². The van der Waals surface area contributed by atoms with Crippen LogP contribution in [-0.2, 0) is 9.47 Å². The molecule has 1 aliphatic carbocycles. The zero-order valence-electron chi connectivity index (χ0n) is 10.3. The van der Waals surface area contributed by atoms with Gasteiger partial charge >= 0.3 is 0 Å². The number of methoxy groups -OCH3 is 1. The molecule has 1 fully saturated rings. The van der Waals surface area contributed by atoms with Crippen molar-refractivity contribution in [3.63, 3.8) is 0 Å². The largest absolute Gasteiger partial charge is 0.356 e. The van der Waals surface area contributed by atoms with Crippen LogP contribution in [0.5, 0.6) is 0 Å². The van der Waals surface area contributed by atoms with Crippen LogP contribution in [0.15, 0.2) is 12.7 Å². The summed E-state index contributed by atoms with van der Waals surface area (Å²) in [5.41, 5.74) is 0.257. The lowest BCUT2D eigenvalue weighted by atomic mass is 9.68. The third kappa shape index (κ3) is 3.32. The summed E-state index contributed by atoms with van der Waals surface area (Å²) in [6.07, 6.45) is 7.12. The first-order valence-corrected chi connectivity index (χ1v) is 5.89. The Balaban J connectivity index is 2.50. The van der Waals surface area contributed by atoms with E-state index in [-0.39, 0.29) is 11.7 Å². The topological polar surface area (TPSA) is 18.5 Å². The molecule has 2 nitrogen and oxygen atoms in total. The Labute approximate surface area is 93.7 Å². The number of ether oxygens (including phenoxy) is 2. The second-order valence-corrected chi connectivity index (χ2v) is 4.86. The minimum atomic E-state index is -0.103. The van der Waals surface area contributed by atoms with Gasteiger partial charge in [0, 0.05) is 7.11 Å². The van der Waals surface area contributed by atoms with E-state index in [0.717, 1.165) is 6.61 Å². The van der Waals surface area contributed by atoms with Gasteiger partial charge in [0.05, 0.1) is 6.61 Å². The molecule has 2 heteroatoms. The number of hydrogen-bond acceptors (Lipinski definition) is 2. The van der Waals surface area contributed by atoms with Crippen LogP contribution < -0.4 is 0 Å². The van der Waals surface area contributed by atoms with Gasteiger partial charge in [0.1, 0.15) is 0 Å². The predicted molar refractivity (Wildman–Crippen MR) is 62.7 cm³/mol. The van der Waals surface area contributed by atoms with Crippen LogP contribution in [0.25, 0.3) is 0 Å². The van der Waals surface area contributed by atoms with Gasteiger partial charge in [-0.15, -0.1) is 6.58 Å². The van der Waals surface area contributed by atoms with Crippen LogP contribution in [0, 0.1) is 11.3 Å². The molecule has 0 aromatic carbocycles. The lowest BCUT2D eigenvalue weighted by molar-refractivity contribution is -0.141. The van der Waals surface area contributed by atoms with Gasteiger partial charge in [0.2, 0.25) is 0 Å². The summed E-state index contributed by atoms with van der Waals surface area (Å²) in [5.74, 6) is 0.593. The fraction of sp³-hybridized carbons (Fsp3) is 0.846. The normalized spacial score (nSPS) is 33.7. The van der Waals surface area contributed by atoms with Gasteiger partial charge in [0.25, 0.3) is 0 Å². The minimum Gasteiger partial charge on any atom is -0.356 e. The molecule has 0 N–H and O–H groups in total. The van der Waals surface area contributed by atoms with Crippen molar-refractivity contribution < 1.29 is 9.47 Å². The van der Waals surface area contributed by atoms with E-state index in [0.29, 0.717) is 5.92 Å². The SMILES string of the molecule is C=CC1CCCCC1(C)COC(C)OC. The van der Waals surface area contributed by atoms with E-state index in [2.05, 4.69) is 19.6 Å². The van der Waals surface area contributed by atoms with Crippen molar-refractivity contribution in [3.8, 4) is 0 Å². The molecule has 88 valence electrons. The molecule has 1 rings (SSSR count). The summed E-state index contributed by atoms with van der Waals surface area (Å²) >= 11 is 0. The maximum Gasteiger partial charge on any atom is 0.154 e. The Morgan fingerprint density at radius 3 is 2.87 bits per heavy atom. The lowest BCUT2D eigenvalue weighted by Gasteiger charge is -2.40. The predicted octanol–water partition coefficient (Wildman–Crippen LogP) is 3.38. The average molecular weight is 212 g/mol. The fourth-order valence-corrected chi connectivity index (χ4v) is 2.38. The molecule has 0 aromatic rings. The van der Waals surface area contributed by atoms with Crippen LogP contribution in [-0.4, -0.2) is 20.0 Å². The third-order valence-corrected chi connectivity index (χ3v) is 3.67. The first-order valence-electron chi connectivity index (χ1n) is 5.89. The summed E-state index contributed by atoms with van der Waals surface area (Å²) in [6.45, 7) is 8.96. The summed E-state index contributed by atoms with van der Waals surface area (Å²) in [4.78, 5) is 0. The van der Waals surface area contributed by atoms with Gasteiger partial charge in [-0.1, -0.05) is 25.8 Å². The second-order valence-electron chi connectivity index (χ2n) is 4.86. The zero-order valence-corrected chi connectivity index (χ0v) is 10.3. The van der Waals surface area contributed by atoms with E-state index in [9.17, 15) is 0 Å². The third-order valence-electron chi connectivity index (χ3n) is 3.67. The summed E-state index contributed by atoms with van der Waals surface area (Å²) in [5, 5.41) is 0. The fourth-order valence-electron chi connectivity index (χ4n) is 2.38. The highest BCUT2D eigenvalue weighted by atomic mass is 16.7. The van der Waals surface area contributed by atoms with Gasteiger partial charge in [-0.25, -0.2) is 0 Å². The summed E-state index contributed by atoms with van der Waals surface area (Å²) in [7, 11) is 1.68. The maximum absolute atomic E-state index is 5.70. The van der Waals surface area contributed by atoms with Crippen molar-refractivity contribution in [3.05, 3.63) is 12.7 Å². The van der Waals surface area contributed by atoms with E-state index in [4.69, 9.17) is 9.47 Å². The molecule has 1 aliphatic rings. The van der Waals surface area contributed by atoms with Crippen LogP contribution in [0.2, 0.25) is 0 Å². The molecular formula is C13H24O2. The Hall–Kier alpha value is -0.340. The molecule has 0 amide bonds. The summed E-state index contributed by atoms with van der Waals surface area (Å²) < 4.78 is 10.8. The zero-order chi connectivity index (χ0) is 11.3. The van der Waals surface area contributed by atoms with E-state index in [1.807, 2.05) is 6.92 Å². The highest BCUT2D eigenvalue weighted by Crippen LogP contribution is 2.41. The van der Waals surface area contributed by atoms with Crippen molar-refractivity contribution in [2.75, 3.05) is 13.7 Å². The Morgan fingerprint density at radius 2 is 2.27 bits per heavy atom. The van der Waals surface area contributed by atoms with Gasteiger partial charge in [0.15, 0.2) is 6.29 Å². The quantitative estimate of drug-likeness (QED) is 0.514. The molecule has 0 heterocycles. The molecule has 0 bridgehead atoms. The van der Waals surface area contributed by atoms with Gasteiger partial charge in [-0.05, 0) is 31.1 Å². The number of allylic oxidation sites excluding steroid dienone is 1. The van der Waals surface area contributed by atoms with Crippen LogP contribution in [0.4, 0.5) is 0 Å². The van der Waals surface area contributed by atoms with Crippen molar-refractivity contribution in [1.29, 1.82) is 0 Å². The first-order chi connectivity index (χ1) is 7.12. The molecule has 3 unspecified atom stereocenters. The van der Waals surface area contributed by atoms with Crippen molar-refractivity contribution in [1.82, 2.24) is 0 Å². The van der Waals surface area contributed by atoms with Gasteiger partial charge in [-0.2, -0.15) is 0 Å². The maximum atomic E-state index is 5.70. The monoisotopic (exact) mass is 212 g/mol. The molecule has 15 heavy (non-hydrogen) atoms. The molecule has 0 spiro atoms. The summed E-state index contributed by atoms with van der Waals surface area (Å²) in [6, 6.07) is 0. The standard InChI is InChI=1S/C13H24O2/c1-5-12-8-6-7-9-13(12,3)10-15-11(2)14-4/h5,11-12H,1,6-10H2,2-4H3. The molecule has 0 aliphatic heterocycles.